The van der Waals surface area contributed by atoms with Crippen LogP contribution < -0.4 is 0 Å². The molecule has 154 valence electrons. The Hall–Kier alpha value is -0.650. The molecule has 1 aromatic carbocycles. The highest BCUT2D eigenvalue weighted by atomic mass is 31.3. The molecule has 27 heavy (non-hydrogen) atoms. The van der Waals surface area contributed by atoms with Gasteiger partial charge in [-0.25, -0.2) is 13.7 Å². The Labute approximate surface area is 152 Å². The molecule has 2 unspecified atom stereocenters. The number of phosphoric ester groups is 1. The van der Waals surface area contributed by atoms with E-state index < -0.39 is 48.4 Å². The van der Waals surface area contributed by atoms with E-state index in [2.05, 4.69) is 13.1 Å². The van der Waals surface area contributed by atoms with Crippen molar-refractivity contribution in [2.24, 2.45) is 0 Å². The molecule has 13 nitrogen and oxygen atoms in total. The predicted molar refractivity (Wildman–Crippen MR) is 86.2 cm³/mol. The number of rotatable bonds is 8. The minimum atomic E-state index is -5.60. The summed E-state index contributed by atoms with van der Waals surface area (Å²) in [4.78, 5) is 35.3. The number of aliphatic hydroxyl groups is 1. The summed E-state index contributed by atoms with van der Waals surface area (Å²) in [5.41, 5.74) is 0.618. The predicted octanol–water partition coefficient (Wildman–Crippen LogP) is 0.926. The van der Waals surface area contributed by atoms with Crippen LogP contribution in [-0.4, -0.2) is 48.6 Å². The standard InChI is InChI=1S/C11H17O13P3/c12-8-3-1-7(2-4-8)10-5-9(13)11(22-10)6-21-26(17,18)24-27(19,20)23-25(14,15)16/h1-4,9-13H,5-6H2,(H,17,18)(H,19,20)(H2,14,15,16)/t9-,10+,11+/m0/s1. The van der Waals surface area contributed by atoms with Crippen molar-refractivity contribution in [3.63, 3.8) is 0 Å². The van der Waals surface area contributed by atoms with Crippen molar-refractivity contribution in [1.82, 2.24) is 0 Å². The number of hydrogen-bond donors (Lipinski definition) is 6. The Morgan fingerprint density at radius 1 is 1.00 bits per heavy atom. The Kier molecular flexibility index (Phi) is 7.03. The molecule has 0 radical (unpaired) electrons. The maximum atomic E-state index is 11.6. The van der Waals surface area contributed by atoms with Crippen molar-refractivity contribution in [2.45, 2.75) is 24.7 Å². The number of phenolic OH excluding ortho intramolecular Hbond substituents is 1. The van der Waals surface area contributed by atoms with E-state index in [1.807, 2.05) is 0 Å². The molecule has 16 heteroatoms. The maximum absolute atomic E-state index is 11.6. The summed E-state index contributed by atoms with van der Waals surface area (Å²) in [6, 6.07) is 5.92. The van der Waals surface area contributed by atoms with Gasteiger partial charge < -0.3 is 34.5 Å². The SMILES string of the molecule is O=P(O)(O)OP(=O)(O)OP(=O)(O)OC[C@H]1O[C@@H](c2ccc(O)cc2)C[C@@H]1O. The van der Waals surface area contributed by atoms with Crippen molar-refractivity contribution >= 4 is 23.5 Å². The molecule has 6 N–H and O–H groups in total. The number of hydrogen-bond acceptors (Lipinski definition) is 9. The Morgan fingerprint density at radius 3 is 2.15 bits per heavy atom. The van der Waals surface area contributed by atoms with Gasteiger partial charge in [-0.15, -0.1) is 0 Å². The third kappa shape index (κ3) is 7.35. The molecule has 0 aromatic heterocycles. The number of aliphatic hydroxyl groups excluding tert-OH is 1. The van der Waals surface area contributed by atoms with Gasteiger partial charge in [0, 0.05) is 6.42 Å². The first-order valence-corrected chi connectivity index (χ1v) is 11.7. The molecule has 0 spiro atoms. The van der Waals surface area contributed by atoms with Crippen LogP contribution in [0.5, 0.6) is 5.75 Å². The minimum Gasteiger partial charge on any atom is -0.508 e. The minimum absolute atomic E-state index is 0.0292. The van der Waals surface area contributed by atoms with Crippen LogP contribution in [0, 0.1) is 0 Å². The van der Waals surface area contributed by atoms with Gasteiger partial charge >= 0.3 is 23.5 Å². The van der Waals surface area contributed by atoms with Crippen molar-refractivity contribution in [3.05, 3.63) is 29.8 Å². The summed E-state index contributed by atoms with van der Waals surface area (Å²) in [6.45, 7) is -0.737. The van der Waals surface area contributed by atoms with E-state index in [0.717, 1.165) is 0 Å². The quantitative estimate of drug-likeness (QED) is 0.305. The van der Waals surface area contributed by atoms with Gasteiger partial charge in [-0.3, -0.25) is 4.52 Å². The third-order valence-electron chi connectivity index (χ3n) is 3.31. The second-order valence-corrected chi connectivity index (χ2v) is 9.86. The molecule has 2 rings (SSSR count). The van der Waals surface area contributed by atoms with Gasteiger partial charge in [-0.2, -0.15) is 8.62 Å². The fourth-order valence-corrected chi connectivity index (χ4v) is 5.28. The van der Waals surface area contributed by atoms with Crippen LogP contribution in [0.4, 0.5) is 0 Å². The van der Waals surface area contributed by atoms with Gasteiger partial charge in [0.1, 0.15) is 11.9 Å². The summed E-state index contributed by atoms with van der Waals surface area (Å²) in [5.74, 6) is 0.0292. The molecule has 1 fully saturated rings. The van der Waals surface area contributed by atoms with E-state index in [-0.39, 0.29) is 12.2 Å². The largest absolute Gasteiger partial charge is 0.508 e. The van der Waals surface area contributed by atoms with Gasteiger partial charge in [-0.1, -0.05) is 12.1 Å². The molecule has 0 saturated carbocycles. The molecule has 1 aromatic rings. The Balaban J connectivity index is 1.93. The molecule has 1 saturated heterocycles. The molecule has 0 aliphatic carbocycles. The second kappa shape index (κ2) is 8.38. The zero-order valence-electron chi connectivity index (χ0n) is 13.3. The lowest BCUT2D eigenvalue weighted by Gasteiger charge is -2.19. The van der Waals surface area contributed by atoms with Crippen LogP contribution >= 0.6 is 23.5 Å². The van der Waals surface area contributed by atoms with Crippen LogP contribution in [0.3, 0.4) is 0 Å². The van der Waals surface area contributed by atoms with Gasteiger partial charge in [0.25, 0.3) is 0 Å². The highest BCUT2D eigenvalue weighted by Gasteiger charge is 2.42. The first-order valence-electron chi connectivity index (χ1n) is 7.17. The first kappa shape index (κ1) is 22.6. The lowest BCUT2D eigenvalue weighted by Crippen LogP contribution is -2.26. The molecule has 0 bridgehead atoms. The summed E-state index contributed by atoms with van der Waals surface area (Å²) < 4.78 is 50.5. The number of aromatic hydroxyl groups is 1. The van der Waals surface area contributed by atoms with Gasteiger partial charge in [0.05, 0.1) is 18.8 Å². The summed E-state index contributed by atoms with van der Waals surface area (Å²) in [6.07, 6.45) is -2.71. The van der Waals surface area contributed by atoms with Crippen molar-refractivity contribution in [3.8, 4) is 5.75 Å². The Bertz CT molecular complexity index is 789. The number of benzene rings is 1. The monoisotopic (exact) mass is 450 g/mol. The molecule has 0 amide bonds. The fourth-order valence-electron chi connectivity index (χ4n) is 2.25. The zero-order chi connectivity index (χ0) is 20.5. The molecule has 5 atom stereocenters. The average Bonchev–Trinajstić information content (AvgIpc) is 2.83. The molecule has 1 aliphatic heterocycles. The average molecular weight is 450 g/mol. The summed E-state index contributed by atoms with van der Waals surface area (Å²) >= 11 is 0. The topological polar surface area (TPSA) is 210 Å². The van der Waals surface area contributed by atoms with Crippen molar-refractivity contribution < 1.29 is 61.4 Å². The molecular weight excluding hydrogens is 433 g/mol. The van der Waals surface area contributed by atoms with E-state index in [1.54, 1.807) is 12.1 Å². The highest BCUT2D eigenvalue weighted by Crippen LogP contribution is 2.66. The molecule has 1 aliphatic rings. The van der Waals surface area contributed by atoms with Crippen LogP contribution in [-0.2, 0) is 31.6 Å². The van der Waals surface area contributed by atoms with Gasteiger partial charge in [-0.05, 0) is 17.7 Å². The number of phosphoric acid groups is 3. The maximum Gasteiger partial charge on any atom is 0.490 e. The van der Waals surface area contributed by atoms with E-state index in [0.29, 0.717) is 5.56 Å². The molecule has 1 heterocycles. The van der Waals surface area contributed by atoms with Gasteiger partial charge in [0.15, 0.2) is 0 Å². The molecular formula is C11H17O13P3. The van der Waals surface area contributed by atoms with Crippen LogP contribution in [0.1, 0.15) is 18.1 Å². The van der Waals surface area contributed by atoms with E-state index in [1.165, 1.54) is 12.1 Å². The lowest BCUT2D eigenvalue weighted by atomic mass is 10.0. The fraction of sp³-hybridized carbons (Fsp3) is 0.455. The van der Waals surface area contributed by atoms with Crippen LogP contribution in [0.25, 0.3) is 0 Å². The second-order valence-electron chi connectivity index (χ2n) is 5.44. The van der Waals surface area contributed by atoms with Gasteiger partial charge in [0.2, 0.25) is 0 Å². The smallest absolute Gasteiger partial charge is 0.490 e. The number of phenols is 1. The van der Waals surface area contributed by atoms with Crippen LogP contribution in [0.2, 0.25) is 0 Å². The van der Waals surface area contributed by atoms with E-state index >= 15 is 0 Å². The van der Waals surface area contributed by atoms with Crippen LogP contribution in [0.15, 0.2) is 24.3 Å². The zero-order valence-corrected chi connectivity index (χ0v) is 16.0. The number of ether oxygens (including phenoxy) is 1. The summed E-state index contributed by atoms with van der Waals surface area (Å²) in [5, 5.41) is 19.2. The van der Waals surface area contributed by atoms with E-state index in [4.69, 9.17) is 19.4 Å². The van der Waals surface area contributed by atoms with Crippen molar-refractivity contribution in [2.75, 3.05) is 6.61 Å². The van der Waals surface area contributed by atoms with Crippen molar-refractivity contribution in [1.29, 1.82) is 0 Å². The third-order valence-corrected chi connectivity index (χ3v) is 7.11. The highest BCUT2D eigenvalue weighted by molar-refractivity contribution is 7.66. The van der Waals surface area contributed by atoms with E-state index in [9.17, 15) is 28.8 Å². The Morgan fingerprint density at radius 2 is 1.59 bits per heavy atom. The first-order chi connectivity index (χ1) is 12.3. The summed E-state index contributed by atoms with van der Waals surface area (Å²) in [7, 11) is -16.4. The lowest BCUT2D eigenvalue weighted by molar-refractivity contribution is -0.0220. The normalized spacial score (nSPS) is 27.8.